The molecular formula is C25H33NO6. The first kappa shape index (κ1) is 24.2. The molecule has 0 saturated carbocycles. The molecule has 3 atom stereocenters. The quantitative estimate of drug-likeness (QED) is 0.684. The number of carbonyl (C=O) groups excluding carboxylic acids is 1. The Labute approximate surface area is 189 Å². The summed E-state index contributed by atoms with van der Waals surface area (Å²) in [5.74, 6) is 0. The first-order valence-electron chi connectivity index (χ1n) is 10.8. The number of hydrogen-bond donors (Lipinski definition) is 2. The van der Waals surface area contributed by atoms with Crippen LogP contribution in [0.4, 0.5) is 4.79 Å². The van der Waals surface area contributed by atoms with Crippen molar-refractivity contribution in [1.29, 1.82) is 0 Å². The third-order valence-corrected chi connectivity index (χ3v) is 5.24. The van der Waals surface area contributed by atoms with Gasteiger partial charge in [-0.15, -0.1) is 0 Å². The minimum Gasteiger partial charge on any atom is -0.444 e. The van der Waals surface area contributed by atoms with Gasteiger partial charge >= 0.3 is 6.09 Å². The Hall–Kier alpha value is -2.45. The zero-order chi connectivity index (χ0) is 23.2. The number of piperidine rings is 1. The van der Waals surface area contributed by atoms with Crippen molar-refractivity contribution in [2.45, 2.75) is 57.4 Å². The van der Waals surface area contributed by atoms with E-state index in [2.05, 4.69) is 0 Å². The molecule has 0 aliphatic carbocycles. The van der Waals surface area contributed by atoms with Crippen molar-refractivity contribution < 1.29 is 29.2 Å². The summed E-state index contributed by atoms with van der Waals surface area (Å²) in [6.45, 7) is 5.32. The fraction of sp³-hybridized carbons (Fsp3) is 0.480. The van der Waals surface area contributed by atoms with E-state index in [0.717, 1.165) is 11.1 Å². The molecule has 0 unspecified atom stereocenters. The van der Waals surface area contributed by atoms with Crippen LogP contribution in [0.25, 0.3) is 0 Å². The first-order valence-corrected chi connectivity index (χ1v) is 10.8. The minimum atomic E-state index is -1.70. The Morgan fingerprint density at radius 3 is 2.03 bits per heavy atom. The second kappa shape index (κ2) is 10.4. The smallest absolute Gasteiger partial charge is 0.410 e. The van der Waals surface area contributed by atoms with Gasteiger partial charge in [-0.05, 0) is 31.9 Å². The molecular weight excluding hydrogens is 410 g/mol. The summed E-state index contributed by atoms with van der Waals surface area (Å²) >= 11 is 0. The van der Waals surface area contributed by atoms with Crippen LogP contribution in [0.2, 0.25) is 0 Å². The maximum Gasteiger partial charge on any atom is 0.410 e. The van der Waals surface area contributed by atoms with E-state index >= 15 is 0 Å². The summed E-state index contributed by atoms with van der Waals surface area (Å²) in [5.41, 5.74) is -0.499. The number of aliphatic hydroxyl groups excluding tert-OH is 1. The van der Waals surface area contributed by atoms with Gasteiger partial charge in [-0.3, -0.25) is 0 Å². The summed E-state index contributed by atoms with van der Waals surface area (Å²) in [7, 11) is 0. The zero-order valence-electron chi connectivity index (χ0n) is 18.9. The Kier molecular flexibility index (Phi) is 7.90. The Morgan fingerprint density at radius 2 is 1.53 bits per heavy atom. The van der Waals surface area contributed by atoms with E-state index in [1.165, 1.54) is 4.90 Å². The highest BCUT2D eigenvalue weighted by atomic mass is 16.6. The molecule has 1 aliphatic heterocycles. The molecule has 3 rings (SSSR count). The maximum absolute atomic E-state index is 12.7. The molecule has 174 valence electrons. The summed E-state index contributed by atoms with van der Waals surface area (Å²) in [5, 5.41) is 21.4. The van der Waals surface area contributed by atoms with Crippen molar-refractivity contribution in [3.05, 3.63) is 71.8 Å². The highest BCUT2D eigenvalue weighted by Gasteiger charge is 2.50. The van der Waals surface area contributed by atoms with Crippen molar-refractivity contribution in [1.82, 2.24) is 4.90 Å². The number of β-amino-alcohol motifs (C(OH)–C–C–N with tert-alkyl or cyclic N) is 1. The lowest BCUT2D eigenvalue weighted by Crippen LogP contribution is -2.67. The van der Waals surface area contributed by atoms with Gasteiger partial charge in [0.05, 0.1) is 32.9 Å². The zero-order valence-corrected chi connectivity index (χ0v) is 18.9. The molecule has 2 aromatic carbocycles. The molecule has 0 spiro atoms. The van der Waals surface area contributed by atoms with Crippen LogP contribution in [0.3, 0.4) is 0 Å². The summed E-state index contributed by atoms with van der Waals surface area (Å²) in [4.78, 5) is 14.1. The van der Waals surface area contributed by atoms with Crippen LogP contribution in [0.15, 0.2) is 60.7 Å². The summed E-state index contributed by atoms with van der Waals surface area (Å²) in [6.07, 6.45) is -2.08. The number of ether oxygens (including phenoxy) is 3. The average molecular weight is 444 g/mol. The van der Waals surface area contributed by atoms with Crippen LogP contribution in [0, 0.1) is 0 Å². The minimum absolute atomic E-state index is 0.122. The van der Waals surface area contributed by atoms with E-state index < -0.39 is 36.1 Å². The SMILES string of the molecule is CC(C)(C)OC(=O)N1C[C@H](OCc2ccccc2)[C@H](OCc2ccccc2)[C@](O)(CO)C1. The van der Waals surface area contributed by atoms with Gasteiger partial charge < -0.3 is 29.3 Å². The van der Waals surface area contributed by atoms with Gasteiger partial charge in [0.25, 0.3) is 0 Å². The molecule has 1 aliphatic rings. The second-order valence-corrected chi connectivity index (χ2v) is 9.17. The van der Waals surface area contributed by atoms with Crippen molar-refractivity contribution in [2.24, 2.45) is 0 Å². The number of benzene rings is 2. The third-order valence-electron chi connectivity index (χ3n) is 5.24. The van der Waals surface area contributed by atoms with Gasteiger partial charge in [-0.2, -0.15) is 0 Å². The molecule has 1 amide bonds. The number of rotatable bonds is 7. The molecule has 0 bridgehead atoms. The number of likely N-dealkylation sites (tertiary alicyclic amines) is 1. The number of nitrogens with zero attached hydrogens (tertiary/aromatic N) is 1. The predicted molar refractivity (Wildman–Crippen MR) is 120 cm³/mol. The summed E-state index contributed by atoms with van der Waals surface area (Å²) in [6, 6.07) is 19.2. The average Bonchev–Trinajstić information content (AvgIpc) is 2.77. The monoisotopic (exact) mass is 443 g/mol. The second-order valence-electron chi connectivity index (χ2n) is 9.17. The van der Waals surface area contributed by atoms with Gasteiger partial charge in [-0.25, -0.2) is 4.79 Å². The van der Waals surface area contributed by atoms with E-state index in [1.807, 2.05) is 60.7 Å². The highest BCUT2D eigenvalue weighted by Crippen LogP contribution is 2.29. The van der Waals surface area contributed by atoms with E-state index in [1.54, 1.807) is 20.8 Å². The van der Waals surface area contributed by atoms with E-state index in [0.29, 0.717) is 0 Å². The third kappa shape index (κ3) is 6.53. The fourth-order valence-corrected chi connectivity index (χ4v) is 3.69. The largest absolute Gasteiger partial charge is 0.444 e. The van der Waals surface area contributed by atoms with Gasteiger partial charge in [-0.1, -0.05) is 60.7 Å². The Balaban J connectivity index is 1.80. The predicted octanol–water partition coefficient (Wildman–Crippen LogP) is 3.13. The molecule has 2 aromatic rings. The molecule has 1 saturated heterocycles. The lowest BCUT2D eigenvalue weighted by molar-refractivity contribution is -0.219. The van der Waals surface area contributed by atoms with Gasteiger partial charge in [0, 0.05) is 0 Å². The Morgan fingerprint density at radius 1 is 1.00 bits per heavy atom. The maximum atomic E-state index is 12.7. The van der Waals surface area contributed by atoms with E-state index in [-0.39, 0.29) is 26.3 Å². The molecule has 2 N–H and O–H groups in total. The first-order chi connectivity index (χ1) is 15.2. The van der Waals surface area contributed by atoms with Crippen molar-refractivity contribution in [3.63, 3.8) is 0 Å². The summed E-state index contributed by atoms with van der Waals surface area (Å²) < 4.78 is 17.7. The van der Waals surface area contributed by atoms with Crippen molar-refractivity contribution >= 4 is 6.09 Å². The normalized spacial score (nSPS) is 23.7. The lowest BCUT2D eigenvalue weighted by Gasteiger charge is -2.47. The number of aliphatic hydroxyl groups is 2. The van der Waals surface area contributed by atoms with Crippen molar-refractivity contribution in [3.8, 4) is 0 Å². The van der Waals surface area contributed by atoms with Gasteiger partial charge in [0.1, 0.15) is 23.4 Å². The number of hydrogen-bond acceptors (Lipinski definition) is 6. The molecule has 7 nitrogen and oxygen atoms in total. The van der Waals surface area contributed by atoms with Crippen LogP contribution in [0.1, 0.15) is 31.9 Å². The van der Waals surface area contributed by atoms with Crippen LogP contribution in [-0.4, -0.2) is 64.3 Å². The van der Waals surface area contributed by atoms with Crippen LogP contribution in [-0.2, 0) is 27.4 Å². The van der Waals surface area contributed by atoms with Gasteiger partial charge in [0.15, 0.2) is 0 Å². The highest BCUT2D eigenvalue weighted by molar-refractivity contribution is 5.68. The standard InChI is InChI=1S/C25H33NO6/c1-24(2,3)32-23(28)26-14-21(30-15-19-10-6-4-7-11-19)22(25(29,17-26)18-27)31-16-20-12-8-5-9-13-20/h4-13,21-22,27,29H,14-18H2,1-3H3/t21-,22-,25+/m0/s1. The molecule has 0 radical (unpaired) electrons. The van der Waals surface area contributed by atoms with Crippen LogP contribution >= 0.6 is 0 Å². The Bertz CT molecular complexity index is 854. The number of carbonyl (C=O) groups is 1. The molecule has 0 aromatic heterocycles. The number of amides is 1. The molecule has 7 heteroatoms. The molecule has 1 heterocycles. The fourth-order valence-electron chi connectivity index (χ4n) is 3.69. The van der Waals surface area contributed by atoms with Crippen molar-refractivity contribution in [2.75, 3.05) is 19.7 Å². The molecule has 1 fully saturated rings. The van der Waals surface area contributed by atoms with Crippen LogP contribution < -0.4 is 0 Å². The van der Waals surface area contributed by atoms with E-state index in [9.17, 15) is 15.0 Å². The van der Waals surface area contributed by atoms with E-state index in [4.69, 9.17) is 14.2 Å². The van der Waals surface area contributed by atoms with Gasteiger partial charge in [0.2, 0.25) is 0 Å². The van der Waals surface area contributed by atoms with Crippen LogP contribution in [0.5, 0.6) is 0 Å². The topological polar surface area (TPSA) is 88.5 Å². The molecule has 32 heavy (non-hydrogen) atoms. The lowest BCUT2D eigenvalue weighted by atomic mass is 9.88.